The van der Waals surface area contributed by atoms with E-state index in [1.807, 2.05) is 0 Å². The molecule has 2 rings (SSSR count). The minimum absolute atomic E-state index is 0.00165. The van der Waals surface area contributed by atoms with Crippen LogP contribution in [0.1, 0.15) is 25.7 Å². The largest absolute Gasteiger partial charge is 0.466 e. The molecule has 3 atom stereocenters. The topological polar surface area (TPSA) is 69.7 Å². The molecule has 0 amide bonds. The van der Waals surface area contributed by atoms with Crippen LogP contribution in [0, 0.1) is 11.8 Å². The van der Waals surface area contributed by atoms with Crippen LogP contribution in [-0.2, 0) is 23.8 Å². The van der Waals surface area contributed by atoms with E-state index >= 15 is 0 Å². The predicted molar refractivity (Wildman–Crippen MR) is 56.2 cm³/mol. The summed E-state index contributed by atoms with van der Waals surface area (Å²) in [4.78, 5) is 10.8. The van der Waals surface area contributed by atoms with Crippen LogP contribution in [0.5, 0.6) is 0 Å². The highest BCUT2D eigenvalue weighted by Crippen LogP contribution is 2.47. The van der Waals surface area contributed by atoms with Crippen LogP contribution in [0.15, 0.2) is 0 Å². The number of halogens is 2. The molecule has 0 aromatic carbocycles. The van der Waals surface area contributed by atoms with Gasteiger partial charge in [0.1, 0.15) is 0 Å². The van der Waals surface area contributed by atoms with Crippen molar-refractivity contribution in [2.24, 2.45) is 11.8 Å². The zero-order chi connectivity index (χ0) is 13.6. The maximum Gasteiger partial charge on any atom is 0.466 e. The van der Waals surface area contributed by atoms with E-state index in [0.29, 0.717) is 19.4 Å². The van der Waals surface area contributed by atoms with E-state index in [9.17, 15) is 22.0 Å². The van der Waals surface area contributed by atoms with Gasteiger partial charge in [0, 0.05) is 0 Å². The fourth-order valence-corrected chi connectivity index (χ4v) is 3.72. The maximum absolute atomic E-state index is 13.3. The molecular weight excluding hydrogens is 270 g/mol. The first kappa shape index (κ1) is 13.7. The van der Waals surface area contributed by atoms with Crippen LogP contribution in [0.4, 0.5) is 8.78 Å². The number of hydrogen-bond donors (Lipinski definition) is 0. The van der Waals surface area contributed by atoms with Crippen molar-refractivity contribution in [1.29, 1.82) is 0 Å². The molecule has 0 aromatic rings. The molecule has 18 heavy (non-hydrogen) atoms. The van der Waals surface area contributed by atoms with Crippen molar-refractivity contribution < 1.29 is 30.9 Å². The van der Waals surface area contributed by atoms with Gasteiger partial charge in [-0.05, 0) is 37.5 Å². The SMILES string of the molecule is COC(=O)C(F)(F)S(=O)(=O)OC1CC2CCC1C2. The average molecular weight is 284 g/mol. The van der Waals surface area contributed by atoms with E-state index in [-0.39, 0.29) is 5.92 Å². The molecule has 2 saturated carbocycles. The molecule has 0 N–H and O–H groups in total. The summed E-state index contributed by atoms with van der Waals surface area (Å²) in [6, 6.07) is 0. The smallest absolute Gasteiger partial charge is 0.464 e. The summed E-state index contributed by atoms with van der Waals surface area (Å²) in [6.45, 7) is 0. The van der Waals surface area contributed by atoms with Crippen molar-refractivity contribution in [1.82, 2.24) is 0 Å². The minimum Gasteiger partial charge on any atom is -0.464 e. The highest BCUT2D eigenvalue weighted by molar-refractivity contribution is 7.88. The molecule has 2 bridgehead atoms. The molecule has 0 aliphatic heterocycles. The van der Waals surface area contributed by atoms with Crippen LogP contribution >= 0.6 is 0 Å². The molecule has 5 nitrogen and oxygen atoms in total. The molecule has 2 aliphatic rings. The van der Waals surface area contributed by atoms with Crippen LogP contribution in [-0.4, -0.2) is 32.9 Å². The van der Waals surface area contributed by atoms with E-state index in [0.717, 1.165) is 19.3 Å². The number of hydrogen-bond acceptors (Lipinski definition) is 5. The third kappa shape index (κ3) is 2.11. The molecule has 8 heteroatoms. The molecule has 2 fully saturated rings. The first-order chi connectivity index (χ1) is 8.28. The lowest BCUT2D eigenvalue weighted by Gasteiger charge is -2.23. The first-order valence-corrected chi connectivity index (χ1v) is 7.08. The van der Waals surface area contributed by atoms with Gasteiger partial charge in [-0.1, -0.05) is 0 Å². The normalized spacial score (nSPS) is 31.6. The Kier molecular flexibility index (Phi) is 3.35. The van der Waals surface area contributed by atoms with E-state index in [4.69, 9.17) is 0 Å². The Hall–Kier alpha value is -0.760. The van der Waals surface area contributed by atoms with Crippen LogP contribution in [0.2, 0.25) is 0 Å². The van der Waals surface area contributed by atoms with Gasteiger partial charge in [-0.25, -0.2) is 4.79 Å². The van der Waals surface area contributed by atoms with Gasteiger partial charge in [0.2, 0.25) is 0 Å². The third-order valence-electron chi connectivity index (χ3n) is 3.66. The third-order valence-corrected chi connectivity index (χ3v) is 4.96. The summed E-state index contributed by atoms with van der Waals surface area (Å²) in [7, 11) is -4.59. The molecular formula is C10H14F2O5S. The molecule has 0 radical (unpaired) electrons. The molecule has 0 saturated heterocycles. The second-order valence-electron chi connectivity index (χ2n) is 4.77. The highest BCUT2D eigenvalue weighted by Gasteiger charge is 2.57. The van der Waals surface area contributed by atoms with Crippen molar-refractivity contribution >= 4 is 16.1 Å². The van der Waals surface area contributed by atoms with E-state index in [1.54, 1.807) is 0 Å². The Labute approximate surface area is 104 Å². The maximum atomic E-state index is 13.3. The fraction of sp³-hybridized carbons (Fsp3) is 0.900. The number of fused-ring (bicyclic) bond motifs is 2. The van der Waals surface area contributed by atoms with Crippen molar-refractivity contribution in [3.05, 3.63) is 0 Å². The summed E-state index contributed by atoms with van der Waals surface area (Å²) in [6.07, 6.45) is 2.31. The standard InChI is InChI=1S/C10H14F2O5S/c1-16-9(13)10(11,12)18(14,15)17-8-5-6-2-3-7(8)4-6/h6-8H,2-5H2,1H3. The Morgan fingerprint density at radius 1 is 1.28 bits per heavy atom. The molecule has 0 aromatic heterocycles. The number of esters is 1. The van der Waals surface area contributed by atoms with Crippen LogP contribution in [0.25, 0.3) is 0 Å². The van der Waals surface area contributed by atoms with Crippen LogP contribution in [0.3, 0.4) is 0 Å². The van der Waals surface area contributed by atoms with Gasteiger partial charge in [0.25, 0.3) is 0 Å². The Bertz CT molecular complexity index is 447. The second-order valence-corrected chi connectivity index (χ2v) is 6.39. The number of methoxy groups -OCH3 is 1. The predicted octanol–water partition coefficient (Wildman–Crippen LogP) is 1.29. The zero-order valence-corrected chi connectivity index (χ0v) is 10.6. The van der Waals surface area contributed by atoms with Crippen molar-refractivity contribution in [3.63, 3.8) is 0 Å². The van der Waals surface area contributed by atoms with Gasteiger partial charge in [0.15, 0.2) is 0 Å². The van der Waals surface area contributed by atoms with Gasteiger partial charge in [-0.3, -0.25) is 4.18 Å². The number of rotatable bonds is 4. The summed E-state index contributed by atoms with van der Waals surface area (Å²) < 4.78 is 57.8. The molecule has 2 aliphatic carbocycles. The van der Waals surface area contributed by atoms with Crippen molar-refractivity contribution in [2.45, 2.75) is 37.0 Å². The number of ether oxygens (including phenoxy) is 1. The van der Waals surface area contributed by atoms with Gasteiger partial charge < -0.3 is 4.74 Å². The lowest BCUT2D eigenvalue weighted by molar-refractivity contribution is -0.158. The molecule has 0 spiro atoms. The van der Waals surface area contributed by atoms with E-state index in [2.05, 4.69) is 8.92 Å². The minimum atomic E-state index is -5.28. The molecule has 104 valence electrons. The van der Waals surface area contributed by atoms with Crippen LogP contribution < -0.4 is 0 Å². The number of carbonyl (C=O) groups excluding carboxylic acids is 1. The Balaban J connectivity index is 2.10. The average Bonchev–Trinajstić information content (AvgIpc) is 2.88. The number of alkyl halides is 2. The summed E-state index contributed by atoms with van der Waals surface area (Å²) in [5, 5.41) is -4.65. The van der Waals surface area contributed by atoms with E-state index in [1.165, 1.54) is 0 Å². The lowest BCUT2D eigenvalue weighted by atomic mass is 9.98. The highest BCUT2D eigenvalue weighted by atomic mass is 32.2. The van der Waals surface area contributed by atoms with Crippen molar-refractivity contribution in [3.8, 4) is 0 Å². The summed E-state index contributed by atoms with van der Waals surface area (Å²) in [5.74, 6) is -1.77. The van der Waals surface area contributed by atoms with Gasteiger partial charge in [-0.15, -0.1) is 0 Å². The first-order valence-electron chi connectivity index (χ1n) is 5.67. The van der Waals surface area contributed by atoms with Gasteiger partial charge >= 0.3 is 21.3 Å². The van der Waals surface area contributed by atoms with Crippen molar-refractivity contribution in [2.75, 3.05) is 7.11 Å². The summed E-state index contributed by atoms with van der Waals surface area (Å²) in [5.41, 5.74) is 0. The number of carbonyl (C=O) groups is 1. The Morgan fingerprint density at radius 3 is 2.39 bits per heavy atom. The zero-order valence-electron chi connectivity index (χ0n) is 9.77. The summed E-state index contributed by atoms with van der Waals surface area (Å²) >= 11 is 0. The molecule has 3 unspecified atom stereocenters. The second kappa shape index (κ2) is 4.41. The van der Waals surface area contributed by atoms with Gasteiger partial charge in [0.05, 0.1) is 13.2 Å². The Morgan fingerprint density at radius 2 is 1.94 bits per heavy atom. The lowest BCUT2D eigenvalue weighted by Crippen LogP contribution is -2.42. The quantitative estimate of drug-likeness (QED) is 0.574. The van der Waals surface area contributed by atoms with Gasteiger partial charge in [-0.2, -0.15) is 17.2 Å². The van der Waals surface area contributed by atoms with E-state index < -0.39 is 27.4 Å². The fourth-order valence-electron chi connectivity index (χ4n) is 2.75. The monoisotopic (exact) mass is 284 g/mol. The molecule has 0 heterocycles.